The Hall–Kier alpha value is -2.01. The van der Waals surface area contributed by atoms with Crippen molar-refractivity contribution in [3.05, 3.63) is 53.7 Å². The SMILES string of the molecule is CNCCc1nccc(NCc2ccc(F)cc2)n1. The first kappa shape index (κ1) is 13.4. The van der Waals surface area contributed by atoms with Crippen LogP contribution in [-0.4, -0.2) is 23.6 Å². The maximum atomic E-state index is 12.8. The summed E-state index contributed by atoms with van der Waals surface area (Å²) in [6.07, 6.45) is 2.54. The van der Waals surface area contributed by atoms with E-state index in [1.165, 1.54) is 12.1 Å². The predicted molar refractivity (Wildman–Crippen MR) is 73.4 cm³/mol. The lowest BCUT2D eigenvalue weighted by atomic mass is 10.2. The fourth-order valence-electron chi connectivity index (χ4n) is 1.65. The maximum absolute atomic E-state index is 12.8. The van der Waals surface area contributed by atoms with E-state index in [9.17, 15) is 4.39 Å². The van der Waals surface area contributed by atoms with E-state index in [1.54, 1.807) is 18.3 Å². The van der Waals surface area contributed by atoms with Crippen LogP contribution in [0.25, 0.3) is 0 Å². The van der Waals surface area contributed by atoms with Gasteiger partial charge in [-0.05, 0) is 30.8 Å². The van der Waals surface area contributed by atoms with Gasteiger partial charge in [-0.2, -0.15) is 0 Å². The Labute approximate surface area is 112 Å². The van der Waals surface area contributed by atoms with Crippen LogP contribution in [0.2, 0.25) is 0 Å². The van der Waals surface area contributed by atoms with Crippen LogP contribution >= 0.6 is 0 Å². The monoisotopic (exact) mass is 260 g/mol. The summed E-state index contributed by atoms with van der Waals surface area (Å²) in [5.74, 6) is 1.36. The minimum Gasteiger partial charge on any atom is -0.366 e. The Balaban J connectivity index is 1.93. The molecule has 0 unspecified atom stereocenters. The van der Waals surface area contributed by atoms with Gasteiger partial charge < -0.3 is 10.6 Å². The number of benzene rings is 1. The first-order valence-electron chi connectivity index (χ1n) is 6.23. The number of nitrogens with one attached hydrogen (secondary N) is 2. The van der Waals surface area contributed by atoms with Crippen LogP contribution in [0.1, 0.15) is 11.4 Å². The van der Waals surface area contributed by atoms with Gasteiger partial charge in [-0.1, -0.05) is 12.1 Å². The van der Waals surface area contributed by atoms with Gasteiger partial charge in [-0.3, -0.25) is 0 Å². The van der Waals surface area contributed by atoms with Crippen LogP contribution in [-0.2, 0) is 13.0 Å². The molecule has 100 valence electrons. The molecule has 4 nitrogen and oxygen atoms in total. The molecule has 0 atom stereocenters. The number of hydrogen-bond acceptors (Lipinski definition) is 4. The third-order valence-electron chi connectivity index (χ3n) is 2.69. The van der Waals surface area contributed by atoms with Crippen molar-refractivity contribution in [1.29, 1.82) is 0 Å². The number of nitrogens with zero attached hydrogens (tertiary/aromatic N) is 2. The van der Waals surface area contributed by atoms with Crippen LogP contribution in [0.3, 0.4) is 0 Å². The van der Waals surface area contributed by atoms with Gasteiger partial charge in [0.25, 0.3) is 0 Å². The van der Waals surface area contributed by atoms with Gasteiger partial charge in [0.15, 0.2) is 0 Å². The molecule has 0 bridgehead atoms. The van der Waals surface area contributed by atoms with E-state index in [-0.39, 0.29) is 5.82 Å². The molecule has 0 amide bonds. The van der Waals surface area contributed by atoms with Crippen LogP contribution < -0.4 is 10.6 Å². The summed E-state index contributed by atoms with van der Waals surface area (Å²) in [6.45, 7) is 1.46. The highest BCUT2D eigenvalue weighted by Gasteiger charge is 1.99. The molecule has 0 spiro atoms. The first-order valence-corrected chi connectivity index (χ1v) is 6.23. The molecule has 1 aromatic carbocycles. The summed E-state index contributed by atoms with van der Waals surface area (Å²) in [4.78, 5) is 8.61. The zero-order valence-electron chi connectivity index (χ0n) is 10.9. The zero-order chi connectivity index (χ0) is 13.5. The van der Waals surface area contributed by atoms with E-state index in [2.05, 4.69) is 20.6 Å². The van der Waals surface area contributed by atoms with Gasteiger partial charge >= 0.3 is 0 Å². The molecule has 2 rings (SSSR count). The third kappa shape index (κ3) is 4.30. The number of halogens is 1. The topological polar surface area (TPSA) is 49.8 Å². The third-order valence-corrected chi connectivity index (χ3v) is 2.69. The first-order chi connectivity index (χ1) is 9.28. The van der Waals surface area contributed by atoms with E-state index in [0.29, 0.717) is 6.54 Å². The molecule has 0 aliphatic carbocycles. The van der Waals surface area contributed by atoms with Gasteiger partial charge in [0.05, 0.1) is 0 Å². The van der Waals surface area contributed by atoms with Crippen molar-refractivity contribution in [3.8, 4) is 0 Å². The lowest BCUT2D eigenvalue weighted by molar-refractivity contribution is 0.627. The number of rotatable bonds is 6. The second kappa shape index (κ2) is 6.80. The lowest BCUT2D eigenvalue weighted by Crippen LogP contribution is -2.13. The molecule has 0 aliphatic heterocycles. The molecule has 0 saturated heterocycles. The molecule has 0 fully saturated rings. The summed E-state index contributed by atoms with van der Waals surface area (Å²) < 4.78 is 12.8. The van der Waals surface area contributed by atoms with E-state index in [4.69, 9.17) is 0 Å². The number of hydrogen-bond donors (Lipinski definition) is 2. The molecule has 2 N–H and O–H groups in total. The Morgan fingerprint density at radius 3 is 2.68 bits per heavy atom. The Morgan fingerprint density at radius 2 is 1.95 bits per heavy atom. The average Bonchev–Trinajstić information content (AvgIpc) is 2.45. The number of anilines is 1. The summed E-state index contributed by atoms with van der Waals surface area (Å²) in [5.41, 5.74) is 1.01. The summed E-state index contributed by atoms with van der Waals surface area (Å²) in [6, 6.07) is 8.24. The van der Waals surface area contributed by atoms with Crippen molar-refractivity contribution in [2.24, 2.45) is 0 Å². The van der Waals surface area contributed by atoms with Gasteiger partial charge in [0.2, 0.25) is 0 Å². The molecule has 1 heterocycles. The van der Waals surface area contributed by atoms with E-state index >= 15 is 0 Å². The molecule has 2 aromatic rings. The minimum atomic E-state index is -0.222. The van der Waals surface area contributed by atoms with Crippen LogP contribution in [0.5, 0.6) is 0 Å². The molecule has 5 heteroatoms. The molecular formula is C14H17FN4. The van der Waals surface area contributed by atoms with Crippen molar-refractivity contribution in [3.63, 3.8) is 0 Å². The zero-order valence-corrected chi connectivity index (χ0v) is 10.9. The second-order valence-electron chi connectivity index (χ2n) is 4.19. The van der Waals surface area contributed by atoms with Crippen molar-refractivity contribution >= 4 is 5.82 Å². The highest BCUT2D eigenvalue weighted by molar-refractivity contribution is 5.34. The molecule has 0 aliphatic rings. The largest absolute Gasteiger partial charge is 0.366 e. The standard InChI is InChI=1S/C14H17FN4/c1-16-8-6-13-17-9-7-14(19-13)18-10-11-2-4-12(15)5-3-11/h2-5,7,9,16H,6,8,10H2,1H3,(H,17,18,19). The molecule has 1 aromatic heterocycles. The maximum Gasteiger partial charge on any atom is 0.131 e. The number of likely N-dealkylation sites (N-methyl/N-ethyl adjacent to an activating group) is 1. The summed E-state index contributed by atoms with van der Waals surface area (Å²) in [5, 5.41) is 6.27. The highest BCUT2D eigenvalue weighted by atomic mass is 19.1. The van der Waals surface area contributed by atoms with E-state index < -0.39 is 0 Å². The fourth-order valence-corrected chi connectivity index (χ4v) is 1.65. The van der Waals surface area contributed by atoms with Crippen molar-refractivity contribution in [2.45, 2.75) is 13.0 Å². The van der Waals surface area contributed by atoms with E-state index in [0.717, 1.165) is 30.2 Å². The average molecular weight is 260 g/mol. The highest BCUT2D eigenvalue weighted by Crippen LogP contribution is 2.07. The van der Waals surface area contributed by atoms with Crippen LogP contribution in [0, 0.1) is 5.82 Å². The quantitative estimate of drug-likeness (QED) is 0.834. The van der Waals surface area contributed by atoms with Gasteiger partial charge in [0.1, 0.15) is 17.5 Å². The Bertz CT molecular complexity index is 513. The Morgan fingerprint density at radius 1 is 1.16 bits per heavy atom. The van der Waals surface area contributed by atoms with Gasteiger partial charge in [0, 0.05) is 25.7 Å². The minimum absolute atomic E-state index is 0.222. The van der Waals surface area contributed by atoms with Crippen molar-refractivity contribution < 1.29 is 4.39 Å². The molecule has 19 heavy (non-hydrogen) atoms. The second-order valence-corrected chi connectivity index (χ2v) is 4.19. The van der Waals surface area contributed by atoms with E-state index in [1.807, 2.05) is 13.1 Å². The van der Waals surface area contributed by atoms with Crippen molar-refractivity contribution in [2.75, 3.05) is 18.9 Å². The van der Waals surface area contributed by atoms with Gasteiger partial charge in [-0.25, -0.2) is 14.4 Å². The fraction of sp³-hybridized carbons (Fsp3) is 0.286. The molecule has 0 saturated carbocycles. The number of aromatic nitrogens is 2. The van der Waals surface area contributed by atoms with Crippen LogP contribution in [0.15, 0.2) is 36.5 Å². The van der Waals surface area contributed by atoms with Crippen LogP contribution in [0.4, 0.5) is 10.2 Å². The molecule has 0 radical (unpaired) electrons. The summed E-state index contributed by atoms with van der Waals surface area (Å²) in [7, 11) is 1.90. The van der Waals surface area contributed by atoms with Crippen molar-refractivity contribution in [1.82, 2.24) is 15.3 Å². The molecular weight excluding hydrogens is 243 g/mol. The Kier molecular flexibility index (Phi) is 4.80. The lowest BCUT2D eigenvalue weighted by Gasteiger charge is -2.07. The predicted octanol–water partition coefficient (Wildman–Crippen LogP) is 1.99. The smallest absolute Gasteiger partial charge is 0.131 e. The normalized spacial score (nSPS) is 10.4. The summed E-state index contributed by atoms with van der Waals surface area (Å²) >= 11 is 0. The van der Waals surface area contributed by atoms with Gasteiger partial charge in [-0.15, -0.1) is 0 Å².